The fourth-order valence-corrected chi connectivity index (χ4v) is 4.56. The van der Waals surface area contributed by atoms with Crippen LogP contribution in [0.15, 0.2) is 34.3 Å². The van der Waals surface area contributed by atoms with Crippen LogP contribution < -0.4 is 5.32 Å². The van der Waals surface area contributed by atoms with Gasteiger partial charge in [-0.05, 0) is 44.6 Å². The number of hydrogen-bond acceptors (Lipinski definition) is 7. The number of aromatic nitrogens is 1. The molecule has 9 heteroatoms. The Labute approximate surface area is 169 Å². The SMILES string of the molecule is C=N/C=C(F)\C(=N/CN1CC(CC)C(NC=S)(c2ccns2)C1)C(C)(C)O. The van der Waals surface area contributed by atoms with Crippen molar-refractivity contribution in [3.05, 3.63) is 29.2 Å². The van der Waals surface area contributed by atoms with Gasteiger partial charge in [-0.15, -0.1) is 0 Å². The molecule has 1 aromatic heterocycles. The maximum absolute atomic E-state index is 14.3. The summed E-state index contributed by atoms with van der Waals surface area (Å²) in [5, 5.41) is 13.6. The van der Waals surface area contributed by atoms with Crippen molar-refractivity contribution in [1.82, 2.24) is 14.6 Å². The molecule has 6 nitrogen and oxygen atoms in total. The van der Waals surface area contributed by atoms with Gasteiger partial charge in [0, 0.05) is 25.2 Å². The molecule has 2 heterocycles. The minimum absolute atomic E-state index is 0.0407. The second kappa shape index (κ2) is 9.09. The van der Waals surface area contributed by atoms with E-state index in [1.807, 2.05) is 6.07 Å². The van der Waals surface area contributed by atoms with Crippen LogP contribution in [-0.2, 0) is 5.54 Å². The molecule has 0 bridgehead atoms. The lowest BCUT2D eigenvalue weighted by Crippen LogP contribution is -2.47. The van der Waals surface area contributed by atoms with Gasteiger partial charge in [-0.25, -0.2) is 8.76 Å². The molecule has 2 atom stereocenters. The van der Waals surface area contributed by atoms with Crippen molar-refractivity contribution in [2.45, 2.75) is 38.3 Å². The topological polar surface area (TPSA) is 73.1 Å². The maximum Gasteiger partial charge on any atom is 0.165 e. The normalized spacial score (nSPS) is 24.9. The minimum atomic E-state index is -1.42. The van der Waals surface area contributed by atoms with Crippen LogP contribution in [0.4, 0.5) is 4.39 Å². The molecule has 2 rings (SSSR count). The van der Waals surface area contributed by atoms with Gasteiger partial charge in [-0.2, -0.15) is 0 Å². The van der Waals surface area contributed by atoms with E-state index in [2.05, 4.69) is 38.2 Å². The first-order chi connectivity index (χ1) is 12.8. The van der Waals surface area contributed by atoms with E-state index in [0.717, 1.165) is 24.0 Å². The van der Waals surface area contributed by atoms with Crippen molar-refractivity contribution in [2.24, 2.45) is 15.9 Å². The predicted octanol–water partition coefficient (Wildman–Crippen LogP) is 2.91. The van der Waals surface area contributed by atoms with Gasteiger partial charge in [0.05, 0.1) is 28.8 Å². The largest absolute Gasteiger partial charge is 0.384 e. The molecule has 1 aromatic rings. The van der Waals surface area contributed by atoms with Crippen molar-refractivity contribution in [3.63, 3.8) is 0 Å². The second-order valence-corrected chi connectivity index (χ2v) is 8.16. The quantitative estimate of drug-likeness (QED) is 0.483. The lowest BCUT2D eigenvalue weighted by Gasteiger charge is -2.33. The highest BCUT2D eigenvalue weighted by Crippen LogP contribution is 2.40. The Hall–Kier alpha value is -1.55. The Morgan fingerprint density at radius 2 is 2.41 bits per heavy atom. The fraction of sp³-hybridized carbons (Fsp3) is 0.556. The Morgan fingerprint density at radius 3 is 2.93 bits per heavy atom. The highest BCUT2D eigenvalue weighted by molar-refractivity contribution is 7.78. The summed E-state index contributed by atoms with van der Waals surface area (Å²) in [6.07, 6.45) is 3.70. The third-order valence-electron chi connectivity index (χ3n) is 4.77. The highest BCUT2D eigenvalue weighted by atomic mass is 32.1. The van der Waals surface area contributed by atoms with E-state index in [4.69, 9.17) is 12.2 Å². The number of likely N-dealkylation sites (tertiary alicyclic amines) is 1. The number of aliphatic imine (C=N–C) groups is 2. The van der Waals surface area contributed by atoms with Gasteiger partial charge >= 0.3 is 0 Å². The zero-order valence-electron chi connectivity index (χ0n) is 15.9. The van der Waals surface area contributed by atoms with Gasteiger partial charge in [-0.3, -0.25) is 14.9 Å². The molecule has 1 fully saturated rings. The van der Waals surface area contributed by atoms with Gasteiger partial charge in [0.15, 0.2) is 5.83 Å². The molecule has 0 saturated carbocycles. The third kappa shape index (κ3) is 4.84. The van der Waals surface area contributed by atoms with Crippen LogP contribution >= 0.6 is 23.8 Å². The summed E-state index contributed by atoms with van der Waals surface area (Å²) in [4.78, 5) is 11.0. The molecule has 2 unspecified atom stereocenters. The summed E-state index contributed by atoms with van der Waals surface area (Å²) < 4.78 is 18.5. The minimum Gasteiger partial charge on any atom is -0.384 e. The highest BCUT2D eigenvalue weighted by Gasteiger charge is 2.47. The Balaban J connectivity index is 2.29. The predicted molar refractivity (Wildman–Crippen MR) is 113 cm³/mol. The van der Waals surface area contributed by atoms with Crippen LogP contribution in [0.3, 0.4) is 0 Å². The van der Waals surface area contributed by atoms with Crippen LogP contribution in [-0.4, -0.2) is 57.7 Å². The maximum atomic E-state index is 14.3. The Morgan fingerprint density at radius 1 is 1.67 bits per heavy atom. The van der Waals surface area contributed by atoms with Crippen LogP contribution in [0.2, 0.25) is 0 Å². The molecule has 0 radical (unpaired) electrons. The molecule has 27 heavy (non-hydrogen) atoms. The van der Waals surface area contributed by atoms with Gasteiger partial charge in [0.25, 0.3) is 0 Å². The summed E-state index contributed by atoms with van der Waals surface area (Å²) in [6, 6.07) is 2.01. The fourth-order valence-electron chi connectivity index (χ4n) is 3.54. The zero-order chi connectivity index (χ0) is 20.1. The Kier molecular flexibility index (Phi) is 7.32. The summed E-state index contributed by atoms with van der Waals surface area (Å²) in [6.45, 7) is 10.1. The van der Waals surface area contributed by atoms with Crippen molar-refractivity contribution in [1.29, 1.82) is 0 Å². The molecule has 0 amide bonds. The molecule has 0 aromatic carbocycles. The van der Waals surface area contributed by atoms with Crippen LogP contribution in [0, 0.1) is 5.92 Å². The molecule has 0 aliphatic carbocycles. The third-order valence-corrected chi connectivity index (χ3v) is 5.82. The van der Waals surface area contributed by atoms with Gasteiger partial charge in [-0.1, -0.05) is 19.1 Å². The number of thiocarbonyl (C=S) groups is 1. The average Bonchev–Trinajstić information content (AvgIpc) is 3.23. The van der Waals surface area contributed by atoms with Crippen molar-refractivity contribution in [2.75, 3.05) is 19.8 Å². The van der Waals surface area contributed by atoms with E-state index in [1.54, 1.807) is 11.7 Å². The first kappa shape index (κ1) is 21.7. The molecular formula is C18H26FN5OS2. The van der Waals surface area contributed by atoms with E-state index in [0.29, 0.717) is 12.5 Å². The number of aliphatic hydroxyl groups is 1. The molecular weight excluding hydrogens is 385 g/mol. The van der Waals surface area contributed by atoms with E-state index < -0.39 is 11.4 Å². The molecule has 2 N–H and O–H groups in total. The van der Waals surface area contributed by atoms with Crippen LogP contribution in [0.25, 0.3) is 0 Å². The lowest BCUT2D eigenvalue weighted by atomic mass is 9.84. The summed E-state index contributed by atoms with van der Waals surface area (Å²) >= 11 is 6.54. The van der Waals surface area contributed by atoms with Crippen molar-refractivity contribution in [3.8, 4) is 0 Å². The average molecular weight is 412 g/mol. The lowest BCUT2D eigenvalue weighted by molar-refractivity contribution is 0.151. The first-order valence-electron chi connectivity index (χ1n) is 8.72. The monoisotopic (exact) mass is 411 g/mol. The number of hydrogen-bond donors (Lipinski definition) is 2. The number of nitrogens with one attached hydrogen (secondary N) is 1. The molecule has 1 aliphatic rings. The van der Waals surface area contributed by atoms with Gasteiger partial charge in [0.1, 0.15) is 11.3 Å². The van der Waals surface area contributed by atoms with E-state index >= 15 is 0 Å². The van der Waals surface area contributed by atoms with Crippen LogP contribution in [0.1, 0.15) is 32.1 Å². The molecule has 1 saturated heterocycles. The number of halogens is 1. The van der Waals surface area contributed by atoms with Crippen molar-refractivity contribution < 1.29 is 9.50 Å². The van der Waals surface area contributed by atoms with Gasteiger partial charge < -0.3 is 10.4 Å². The summed E-state index contributed by atoms with van der Waals surface area (Å²) in [5.41, 5.74) is -0.244. The van der Waals surface area contributed by atoms with Gasteiger partial charge in [0.2, 0.25) is 0 Å². The smallest absolute Gasteiger partial charge is 0.165 e. The van der Waals surface area contributed by atoms with E-state index in [-0.39, 0.29) is 17.9 Å². The standard InChI is InChI=1S/C18H26FN5OS2/c1-5-13-9-24(10-18(13,22-12-26)15-6-7-23-27-15)11-21-16(17(2,3)25)14(19)8-20-4/h6-8,12-13,25H,4-5,9-11H2,1-3H3,(H,22,26)/b14-8+,21-16+. The summed E-state index contributed by atoms with van der Waals surface area (Å²) in [7, 11) is 0. The first-order valence-corrected chi connectivity index (χ1v) is 9.97. The van der Waals surface area contributed by atoms with Crippen molar-refractivity contribution >= 4 is 41.7 Å². The second-order valence-electron chi connectivity index (χ2n) is 7.09. The number of rotatable bonds is 9. The Bertz CT molecular complexity index is 714. The summed E-state index contributed by atoms with van der Waals surface area (Å²) in [5.74, 6) is -0.386. The van der Waals surface area contributed by atoms with E-state index in [9.17, 15) is 9.50 Å². The number of nitrogens with zero attached hydrogens (tertiary/aromatic N) is 4. The molecule has 1 aliphatic heterocycles. The molecule has 0 spiro atoms. The van der Waals surface area contributed by atoms with E-state index in [1.165, 1.54) is 25.4 Å². The van der Waals surface area contributed by atoms with Crippen LogP contribution in [0.5, 0.6) is 0 Å². The zero-order valence-corrected chi connectivity index (χ0v) is 17.5. The molecule has 148 valence electrons.